The van der Waals surface area contributed by atoms with Crippen molar-refractivity contribution in [2.45, 2.75) is 26.7 Å². The number of anilines is 1. The maximum Gasteiger partial charge on any atom is 0.313 e. The second-order valence-electron chi connectivity index (χ2n) is 3.92. The minimum Gasteiger partial charge on any atom is -0.382 e. The highest BCUT2D eigenvalue weighted by molar-refractivity contribution is 5.45. The van der Waals surface area contributed by atoms with E-state index < -0.39 is 4.92 Å². The lowest BCUT2D eigenvalue weighted by molar-refractivity contribution is -0.386. The fraction of sp³-hybridized carbons (Fsp3) is 0.364. The molecule has 2 aromatic heterocycles. The molecular formula is C11H14N6O2. The summed E-state index contributed by atoms with van der Waals surface area (Å²) < 4.78 is 1.44. The van der Waals surface area contributed by atoms with Gasteiger partial charge in [0.2, 0.25) is 0 Å². The number of nitrogens with zero attached hydrogens (tertiary/aromatic N) is 5. The summed E-state index contributed by atoms with van der Waals surface area (Å²) in [4.78, 5) is 18.8. The van der Waals surface area contributed by atoms with Gasteiger partial charge in [-0.3, -0.25) is 15.1 Å². The number of aryl methyl sites for hydroxylation is 1. The molecule has 8 heteroatoms. The third-order valence-electron chi connectivity index (χ3n) is 2.73. The van der Waals surface area contributed by atoms with Gasteiger partial charge in [0.05, 0.1) is 17.3 Å². The highest BCUT2D eigenvalue weighted by atomic mass is 16.6. The van der Waals surface area contributed by atoms with Gasteiger partial charge in [-0.2, -0.15) is 5.10 Å². The van der Waals surface area contributed by atoms with Crippen molar-refractivity contribution in [2.75, 3.05) is 5.73 Å². The molecule has 0 fully saturated rings. The lowest BCUT2D eigenvalue weighted by atomic mass is 10.2. The van der Waals surface area contributed by atoms with E-state index in [2.05, 4.69) is 15.1 Å². The molecule has 2 aromatic rings. The van der Waals surface area contributed by atoms with Gasteiger partial charge >= 0.3 is 5.69 Å². The first-order chi connectivity index (χ1) is 9.08. The molecule has 0 radical (unpaired) electrons. The molecule has 0 spiro atoms. The summed E-state index contributed by atoms with van der Waals surface area (Å²) in [5.41, 5.74) is 6.56. The number of rotatable bonds is 4. The van der Waals surface area contributed by atoms with Gasteiger partial charge in [-0.25, -0.2) is 9.67 Å². The summed E-state index contributed by atoms with van der Waals surface area (Å²) in [6, 6.07) is 0. The molecule has 2 rings (SSSR count). The maximum absolute atomic E-state index is 11.2. The van der Waals surface area contributed by atoms with E-state index in [1.807, 2.05) is 13.8 Å². The van der Waals surface area contributed by atoms with E-state index >= 15 is 0 Å². The quantitative estimate of drug-likeness (QED) is 0.655. The molecule has 19 heavy (non-hydrogen) atoms. The van der Waals surface area contributed by atoms with Gasteiger partial charge in [-0.15, -0.1) is 0 Å². The topological polar surface area (TPSA) is 113 Å². The van der Waals surface area contributed by atoms with E-state index in [0.717, 1.165) is 0 Å². The molecule has 8 nitrogen and oxygen atoms in total. The molecule has 2 N–H and O–H groups in total. The third-order valence-corrected chi connectivity index (χ3v) is 2.73. The molecule has 0 aliphatic carbocycles. The Morgan fingerprint density at radius 2 is 2.11 bits per heavy atom. The Labute approximate surface area is 109 Å². The molecule has 0 bridgehead atoms. The van der Waals surface area contributed by atoms with Crippen LogP contribution in [0.3, 0.4) is 0 Å². The van der Waals surface area contributed by atoms with E-state index in [1.54, 1.807) is 0 Å². The largest absolute Gasteiger partial charge is 0.382 e. The molecule has 0 aromatic carbocycles. The van der Waals surface area contributed by atoms with Crippen molar-refractivity contribution in [1.29, 1.82) is 0 Å². The number of hydrogen-bond donors (Lipinski definition) is 1. The van der Waals surface area contributed by atoms with Crippen LogP contribution in [0.1, 0.15) is 25.2 Å². The molecule has 0 amide bonds. The van der Waals surface area contributed by atoms with Gasteiger partial charge in [-0.05, 0) is 12.8 Å². The lowest BCUT2D eigenvalue weighted by Gasteiger charge is -2.03. The average Bonchev–Trinajstić information content (AvgIpc) is 2.77. The second kappa shape index (κ2) is 5.01. The van der Waals surface area contributed by atoms with Crippen LogP contribution in [0, 0.1) is 10.1 Å². The van der Waals surface area contributed by atoms with Gasteiger partial charge in [0.25, 0.3) is 0 Å². The Balaban J connectivity index is 2.67. The predicted molar refractivity (Wildman–Crippen MR) is 69.0 cm³/mol. The van der Waals surface area contributed by atoms with Gasteiger partial charge < -0.3 is 5.73 Å². The highest BCUT2D eigenvalue weighted by Crippen LogP contribution is 2.26. The first-order valence-corrected chi connectivity index (χ1v) is 5.91. The Bertz CT molecular complexity index is 622. The molecule has 2 heterocycles. The van der Waals surface area contributed by atoms with Crippen LogP contribution in [0.4, 0.5) is 11.5 Å². The molecule has 0 saturated heterocycles. The molecule has 100 valence electrons. The summed E-state index contributed by atoms with van der Waals surface area (Å²) in [6.07, 6.45) is 3.84. The smallest absolute Gasteiger partial charge is 0.313 e. The Morgan fingerprint density at radius 1 is 1.37 bits per heavy atom. The Morgan fingerprint density at radius 3 is 2.63 bits per heavy atom. The monoisotopic (exact) mass is 262 g/mol. The fourth-order valence-electron chi connectivity index (χ4n) is 1.92. The fourth-order valence-corrected chi connectivity index (χ4v) is 1.92. The van der Waals surface area contributed by atoms with Crippen LogP contribution < -0.4 is 5.73 Å². The van der Waals surface area contributed by atoms with Crippen molar-refractivity contribution in [3.05, 3.63) is 33.9 Å². The zero-order valence-electron chi connectivity index (χ0n) is 10.7. The number of nitro groups is 1. The normalized spacial score (nSPS) is 10.6. The van der Waals surface area contributed by atoms with Gasteiger partial charge in [0.15, 0.2) is 5.82 Å². The standard InChI is InChI=1S/C11H14N6O2/c1-3-7-11(17(18)19)8(4-2)16(15-7)10-6-13-5-9(12)14-10/h5-6H,3-4H2,1-2H3,(H2,12,14). The zero-order chi connectivity index (χ0) is 14.0. The summed E-state index contributed by atoms with van der Waals surface area (Å²) >= 11 is 0. The van der Waals surface area contributed by atoms with Crippen molar-refractivity contribution in [1.82, 2.24) is 19.7 Å². The van der Waals surface area contributed by atoms with E-state index in [-0.39, 0.29) is 11.5 Å². The van der Waals surface area contributed by atoms with Crippen molar-refractivity contribution >= 4 is 11.5 Å². The molecule has 0 saturated carbocycles. The first kappa shape index (κ1) is 12.9. The lowest BCUT2D eigenvalue weighted by Crippen LogP contribution is -2.07. The minimum atomic E-state index is -0.402. The first-order valence-electron chi connectivity index (χ1n) is 5.91. The zero-order valence-corrected chi connectivity index (χ0v) is 10.7. The minimum absolute atomic E-state index is 0.0502. The van der Waals surface area contributed by atoms with Crippen molar-refractivity contribution < 1.29 is 4.92 Å². The van der Waals surface area contributed by atoms with Crippen molar-refractivity contribution in [3.63, 3.8) is 0 Å². The summed E-state index contributed by atoms with van der Waals surface area (Å²) in [5.74, 6) is 0.635. The molecule has 0 aliphatic heterocycles. The predicted octanol–water partition coefficient (Wildman–Crippen LogP) is 1.28. The van der Waals surface area contributed by atoms with Gasteiger partial charge in [0.1, 0.15) is 17.2 Å². The van der Waals surface area contributed by atoms with Crippen LogP contribution in [0.5, 0.6) is 0 Å². The summed E-state index contributed by atoms with van der Waals surface area (Å²) in [7, 11) is 0. The molecule has 0 aliphatic rings. The molecule has 0 unspecified atom stereocenters. The van der Waals surface area contributed by atoms with Gasteiger partial charge in [-0.1, -0.05) is 13.8 Å². The highest BCUT2D eigenvalue weighted by Gasteiger charge is 2.26. The number of nitrogens with two attached hydrogens (primary N) is 1. The Kier molecular flexibility index (Phi) is 3.41. The average molecular weight is 262 g/mol. The Hall–Kier alpha value is -2.51. The van der Waals surface area contributed by atoms with Crippen LogP contribution in [0.25, 0.3) is 5.82 Å². The van der Waals surface area contributed by atoms with Crippen LogP contribution >= 0.6 is 0 Å². The molecule has 0 atom stereocenters. The van der Waals surface area contributed by atoms with Crippen molar-refractivity contribution in [3.8, 4) is 5.82 Å². The van der Waals surface area contributed by atoms with Crippen LogP contribution in [-0.4, -0.2) is 24.7 Å². The SMILES string of the molecule is CCc1nn(-c2cncc(N)n2)c(CC)c1[N+](=O)[O-]. The van der Waals surface area contributed by atoms with E-state index in [9.17, 15) is 10.1 Å². The number of aromatic nitrogens is 4. The second-order valence-corrected chi connectivity index (χ2v) is 3.92. The third kappa shape index (κ3) is 2.24. The van der Waals surface area contributed by atoms with Crippen LogP contribution in [0.15, 0.2) is 12.4 Å². The maximum atomic E-state index is 11.2. The van der Waals surface area contributed by atoms with Gasteiger partial charge in [0, 0.05) is 0 Å². The number of nitrogen functional groups attached to an aromatic ring is 1. The summed E-state index contributed by atoms with van der Waals surface area (Å²) in [5, 5.41) is 15.4. The number of hydrogen-bond acceptors (Lipinski definition) is 6. The van der Waals surface area contributed by atoms with E-state index in [4.69, 9.17) is 5.73 Å². The summed E-state index contributed by atoms with van der Waals surface area (Å²) in [6.45, 7) is 3.66. The van der Waals surface area contributed by atoms with Crippen LogP contribution in [-0.2, 0) is 12.8 Å². The van der Waals surface area contributed by atoms with Crippen LogP contribution in [0.2, 0.25) is 0 Å². The van der Waals surface area contributed by atoms with Crippen molar-refractivity contribution in [2.24, 2.45) is 0 Å². The van der Waals surface area contributed by atoms with E-state index in [0.29, 0.717) is 30.0 Å². The molecular weight excluding hydrogens is 248 g/mol. The van der Waals surface area contributed by atoms with E-state index in [1.165, 1.54) is 17.1 Å².